The molecule has 0 spiro atoms. The van der Waals surface area contributed by atoms with Gasteiger partial charge in [-0.05, 0) is 25.8 Å². The quantitative estimate of drug-likeness (QED) is 0.868. The summed E-state index contributed by atoms with van der Waals surface area (Å²) in [5, 5.41) is 0. The lowest BCUT2D eigenvalue weighted by molar-refractivity contribution is 0.0970. The van der Waals surface area contributed by atoms with Crippen LogP contribution in [0.25, 0.3) is 0 Å². The van der Waals surface area contributed by atoms with E-state index in [0.29, 0.717) is 5.56 Å². The van der Waals surface area contributed by atoms with Crippen LogP contribution in [0, 0.1) is 13.8 Å². The van der Waals surface area contributed by atoms with E-state index in [1.54, 1.807) is 6.07 Å². The smallest absolute Gasteiger partial charge is 0.253 e. The lowest BCUT2D eigenvalue weighted by Gasteiger charge is -2.07. The highest BCUT2D eigenvalue weighted by molar-refractivity contribution is 5.97. The van der Waals surface area contributed by atoms with Gasteiger partial charge in [-0.1, -0.05) is 13.8 Å². The maximum absolute atomic E-state index is 12.2. The summed E-state index contributed by atoms with van der Waals surface area (Å²) >= 11 is 0. The third-order valence-electron chi connectivity index (χ3n) is 3.26. The second kappa shape index (κ2) is 5.45. The fourth-order valence-electron chi connectivity index (χ4n) is 2.13. The van der Waals surface area contributed by atoms with Gasteiger partial charge in [0, 0.05) is 23.0 Å². The maximum Gasteiger partial charge on any atom is 0.253 e. The molecule has 0 atom stereocenters. The molecule has 2 aromatic heterocycles. The normalized spacial score (nSPS) is 11.1. The first kappa shape index (κ1) is 14.2. The lowest BCUT2D eigenvalue weighted by Crippen LogP contribution is -2.25. The second-order valence-corrected chi connectivity index (χ2v) is 5.35. The van der Waals surface area contributed by atoms with Crippen molar-refractivity contribution in [1.29, 1.82) is 0 Å². The molecule has 0 bridgehead atoms. The van der Waals surface area contributed by atoms with Crippen LogP contribution in [0.3, 0.4) is 0 Å². The van der Waals surface area contributed by atoms with Crippen molar-refractivity contribution in [3.63, 3.8) is 0 Å². The molecule has 1 N–H and O–H groups in total. The summed E-state index contributed by atoms with van der Waals surface area (Å²) < 4.78 is 1.34. The minimum absolute atomic E-state index is 0.0162. The monoisotopic (exact) mass is 273 g/mol. The number of H-pyrrole nitrogens is 1. The number of Topliss-reactive ketones (excluding diaryl/α,β-unsaturated/α-hetero) is 1. The molecule has 0 unspecified atom stereocenters. The molecule has 5 nitrogen and oxygen atoms in total. The zero-order valence-corrected chi connectivity index (χ0v) is 12.2. The molecule has 0 saturated carbocycles. The number of rotatable bonds is 4. The van der Waals surface area contributed by atoms with Crippen LogP contribution in [0.1, 0.15) is 47.2 Å². The van der Waals surface area contributed by atoms with Crippen LogP contribution in [0.15, 0.2) is 23.3 Å². The van der Waals surface area contributed by atoms with E-state index in [-0.39, 0.29) is 23.8 Å². The molecule has 106 valence electrons. The third kappa shape index (κ3) is 2.87. The van der Waals surface area contributed by atoms with Crippen LogP contribution in [-0.2, 0) is 6.54 Å². The Hall–Kier alpha value is -2.17. The zero-order chi connectivity index (χ0) is 14.9. The fourth-order valence-corrected chi connectivity index (χ4v) is 2.13. The van der Waals surface area contributed by atoms with E-state index in [9.17, 15) is 9.59 Å². The summed E-state index contributed by atoms with van der Waals surface area (Å²) in [6.45, 7) is 7.72. The van der Waals surface area contributed by atoms with Gasteiger partial charge in [0.25, 0.3) is 5.56 Å². The Morgan fingerprint density at radius 3 is 2.55 bits per heavy atom. The molecule has 0 aliphatic carbocycles. The molecular formula is C15H19N3O2. The van der Waals surface area contributed by atoms with Crippen molar-refractivity contribution in [3.05, 3.63) is 51.5 Å². The van der Waals surface area contributed by atoms with Crippen LogP contribution in [0.2, 0.25) is 0 Å². The van der Waals surface area contributed by atoms with Crippen LogP contribution < -0.4 is 5.56 Å². The molecule has 2 aromatic rings. The van der Waals surface area contributed by atoms with E-state index in [2.05, 4.69) is 9.97 Å². The number of hydrogen-bond donors (Lipinski definition) is 1. The van der Waals surface area contributed by atoms with Crippen LogP contribution in [0.5, 0.6) is 0 Å². The highest BCUT2D eigenvalue weighted by Crippen LogP contribution is 2.11. The van der Waals surface area contributed by atoms with Gasteiger partial charge in [-0.25, -0.2) is 4.98 Å². The largest absolute Gasteiger partial charge is 0.362 e. The van der Waals surface area contributed by atoms with Crippen LogP contribution in [-0.4, -0.2) is 20.3 Å². The number of carbonyl (C=O) groups excluding carboxylic acids is 1. The Kier molecular flexibility index (Phi) is 3.88. The Bertz CT molecular complexity index is 695. The van der Waals surface area contributed by atoms with Gasteiger partial charge in [0.1, 0.15) is 0 Å². The van der Waals surface area contributed by atoms with E-state index in [0.717, 1.165) is 17.1 Å². The highest BCUT2D eigenvalue weighted by Gasteiger charge is 2.13. The van der Waals surface area contributed by atoms with Gasteiger partial charge >= 0.3 is 0 Å². The number of aryl methyl sites for hydroxylation is 2. The van der Waals surface area contributed by atoms with Crippen LogP contribution >= 0.6 is 0 Å². The summed E-state index contributed by atoms with van der Waals surface area (Å²) in [4.78, 5) is 31.5. The number of aromatic nitrogens is 3. The number of carbonyl (C=O) groups is 1. The molecule has 0 aromatic carbocycles. The van der Waals surface area contributed by atoms with Crippen molar-refractivity contribution in [3.8, 4) is 0 Å². The SMILES string of the molecule is Cc1cc(C(=O)Cn2cnc(C(C)C)cc2=O)c(C)[nH]1. The standard InChI is InChI=1S/C15H19N3O2/c1-9(2)13-6-15(20)18(8-16-13)7-14(19)12-5-10(3)17-11(12)4/h5-6,8-9,17H,7H2,1-4H3. The van der Waals surface area contributed by atoms with Gasteiger partial charge < -0.3 is 4.98 Å². The van der Waals surface area contributed by atoms with E-state index in [4.69, 9.17) is 0 Å². The van der Waals surface area contributed by atoms with Gasteiger partial charge in [0.15, 0.2) is 5.78 Å². The van der Waals surface area contributed by atoms with Gasteiger partial charge in [-0.3, -0.25) is 14.2 Å². The molecule has 0 saturated heterocycles. The van der Waals surface area contributed by atoms with Crippen molar-refractivity contribution in [1.82, 2.24) is 14.5 Å². The average Bonchev–Trinajstić information content (AvgIpc) is 2.70. The molecule has 20 heavy (non-hydrogen) atoms. The number of ketones is 1. The number of nitrogens with zero attached hydrogens (tertiary/aromatic N) is 2. The summed E-state index contributed by atoms with van der Waals surface area (Å²) in [6.07, 6.45) is 1.45. The summed E-state index contributed by atoms with van der Waals surface area (Å²) in [7, 11) is 0. The second-order valence-electron chi connectivity index (χ2n) is 5.35. The first-order valence-corrected chi connectivity index (χ1v) is 6.64. The first-order chi connectivity index (χ1) is 9.38. The van der Waals surface area contributed by atoms with Crippen molar-refractivity contribution in [2.24, 2.45) is 0 Å². The number of nitrogens with one attached hydrogen (secondary N) is 1. The zero-order valence-electron chi connectivity index (χ0n) is 12.2. The van der Waals surface area contributed by atoms with Gasteiger partial charge in [0.2, 0.25) is 0 Å². The Morgan fingerprint density at radius 2 is 2.05 bits per heavy atom. The number of hydrogen-bond acceptors (Lipinski definition) is 3. The van der Waals surface area contributed by atoms with Gasteiger partial charge in [-0.2, -0.15) is 0 Å². The third-order valence-corrected chi connectivity index (χ3v) is 3.26. The Morgan fingerprint density at radius 1 is 1.35 bits per heavy atom. The lowest BCUT2D eigenvalue weighted by atomic mass is 10.1. The van der Waals surface area contributed by atoms with Crippen LogP contribution in [0.4, 0.5) is 0 Å². The molecule has 0 radical (unpaired) electrons. The van der Waals surface area contributed by atoms with Crippen molar-refractivity contribution in [2.45, 2.75) is 40.2 Å². The topological polar surface area (TPSA) is 67.8 Å². The minimum atomic E-state index is -0.193. The highest BCUT2D eigenvalue weighted by atomic mass is 16.1. The minimum Gasteiger partial charge on any atom is -0.362 e. The van der Waals surface area contributed by atoms with Crippen molar-refractivity contribution >= 4 is 5.78 Å². The predicted molar refractivity (Wildman–Crippen MR) is 77.2 cm³/mol. The molecule has 0 amide bonds. The molecule has 0 aliphatic heterocycles. The molecule has 2 heterocycles. The van der Waals surface area contributed by atoms with E-state index >= 15 is 0 Å². The van der Waals surface area contributed by atoms with Crippen molar-refractivity contribution in [2.75, 3.05) is 0 Å². The van der Waals surface area contributed by atoms with E-state index in [1.165, 1.54) is 17.0 Å². The molecule has 0 fully saturated rings. The number of aromatic amines is 1. The molecule has 0 aliphatic rings. The maximum atomic E-state index is 12.2. The fraction of sp³-hybridized carbons (Fsp3) is 0.400. The molecular weight excluding hydrogens is 254 g/mol. The summed E-state index contributed by atoms with van der Waals surface area (Å²) in [5.74, 6) is 0.107. The predicted octanol–water partition coefficient (Wildman–Crippen LogP) is 2.19. The van der Waals surface area contributed by atoms with Gasteiger partial charge in [-0.15, -0.1) is 0 Å². The van der Waals surface area contributed by atoms with Gasteiger partial charge in [0.05, 0.1) is 18.6 Å². The Labute approximate surface area is 117 Å². The molecule has 5 heteroatoms. The Balaban J connectivity index is 2.24. The van der Waals surface area contributed by atoms with E-state index < -0.39 is 0 Å². The first-order valence-electron chi connectivity index (χ1n) is 6.64. The summed E-state index contributed by atoms with van der Waals surface area (Å²) in [6, 6.07) is 3.30. The van der Waals surface area contributed by atoms with Crippen molar-refractivity contribution < 1.29 is 4.79 Å². The summed E-state index contributed by atoms with van der Waals surface area (Å²) in [5.41, 5.74) is 2.94. The average molecular weight is 273 g/mol. The molecule has 2 rings (SSSR count). The van der Waals surface area contributed by atoms with E-state index in [1.807, 2.05) is 27.7 Å².